The second-order valence-electron chi connectivity index (χ2n) is 2.70. The molecule has 0 heterocycles. The molecule has 0 saturated carbocycles. The maximum absolute atomic E-state index is 11.1. The SMILES string of the molecule is CCCC(O)[SH](C)(C)=O. The first-order valence-electron chi connectivity index (χ1n) is 3.21. The summed E-state index contributed by atoms with van der Waals surface area (Å²) in [6, 6.07) is 0. The second-order valence-corrected chi connectivity index (χ2v) is 6.17. The lowest BCUT2D eigenvalue weighted by atomic mass is 10.4. The minimum absolute atomic E-state index is 0.581. The zero-order valence-corrected chi connectivity index (χ0v) is 7.19. The third-order valence-electron chi connectivity index (χ3n) is 1.26. The number of thiol groups is 1. The van der Waals surface area contributed by atoms with E-state index in [0.29, 0.717) is 6.42 Å². The molecule has 0 aliphatic carbocycles. The minimum atomic E-state index is -2.22. The van der Waals surface area contributed by atoms with E-state index in [0.717, 1.165) is 6.42 Å². The minimum Gasteiger partial charge on any atom is -0.382 e. The van der Waals surface area contributed by atoms with E-state index >= 15 is 0 Å². The van der Waals surface area contributed by atoms with Gasteiger partial charge in [0.15, 0.2) is 0 Å². The van der Waals surface area contributed by atoms with Crippen molar-refractivity contribution in [1.82, 2.24) is 0 Å². The normalized spacial score (nSPS) is 17.3. The van der Waals surface area contributed by atoms with Gasteiger partial charge in [0.25, 0.3) is 0 Å². The average molecular weight is 152 g/mol. The predicted molar refractivity (Wildman–Crippen MR) is 42.3 cm³/mol. The van der Waals surface area contributed by atoms with Gasteiger partial charge in [-0.15, -0.1) is 0 Å². The molecule has 0 amide bonds. The van der Waals surface area contributed by atoms with Gasteiger partial charge in [0.1, 0.15) is 5.44 Å². The van der Waals surface area contributed by atoms with Crippen LogP contribution in [0.3, 0.4) is 0 Å². The molecule has 0 bridgehead atoms. The summed E-state index contributed by atoms with van der Waals surface area (Å²) in [5.74, 6) is 0. The number of hydrogen-bond acceptors (Lipinski definition) is 2. The number of aliphatic hydroxyl groups is 1. The first kappa shape index (κ1) is 9.11. The van der Waals surface area contributed by atoms with E-state index in [9.17, 15) is 4.21 Å². The molecular formula is C6H16O2S. The fraction of sp³-hybridized carbons (Fsp3) is 1.00. The van der Waals surface area contributed by atoms with Gasteiger partial charge in [-0.25, -0.2) is 0 Å². The van der Waals surface area contributed by atoms with E-state index in [1.165, 1.54) is 0 Å². The number of rotatable bonds is 3. The molecule has 1 atom stereocenters. The fourth-order valence-corrected chi connectivity index (χ4v) is 1.45. The van der Waals surface area contributed by atoms with Crippen LogP contribution in [-0.4, -0.2) is 27.3 Å². The number of aliphatic hydroxyl groups excluding tert-OH is 1. The lowest BCUT2D eigenvalue weighted by Gasteiger charge is -2.18. The molecular weight excluding hydrogens is 136 g/mol. The Morgan fingerprint density at radius 3 is 2.11 bits per heavy atom. The largest absolute Gasteiger partial charge is 0.382 e. The topological polar surface area (TPSA) is 37.3 Å². The zero-order valence-electron chi connectivity index (χ0n) is 6.29. The highest BCUT2D eigenvalue weighted by atomic mass is 32.2. The third kappa shape index (κ3) is 3.65. The standard InChI is InChI=1S/C6H16O2S/c1-4-5-6(7)9(2,3)8/h6-7,9H,4-5H2,1-3H3. The van der Waals surface area contributed by atoms with Crippen molar-refractivity contribution < 1.29 is 9.32 Å². The molecule has 0 aliphatic rings. The Balaban J connectivity index is 3.74. The van der Waals surface area contributed by atoms with Crippen molar-refractivity contribution in [3.8, 4) is 0 Å². The highest BCUT2D eigenvalue weighted by Gasteiger charge is 2.12. The van der Waals surface area contributed by atoms with E-state index in [1.54, 1.807) is 12.5 Å². The van der Waals surface area contributed by atoms with Crippen LogP contribution in [0.2, 0.25) is 0 Å². The maximum atomic E-state index is 11.1. The van der Waals surface area contributed by atoms with Crippen LogP contribution in [-0.2, 0) is 9.93 Å². The Hall–Kier alpha value is 0.110. The van der Waals surface area contributed by atoms with Gasteiger partial charge >= 0.3 is 0 Å². The molecule has 0 radical (unpaired) electrons. The lowest BCUT2D eigenvalue weighted by Crippen LogP contribution is -2.24. The molecule has 1 unspecified atom stereocenters. The van der Waals surface area contributed by atoms with Crippen LogP contribution in [0.4, 0.5) is 0 Å². The summed E-state index contributed by atoms with van der Waals surface area (Å²) in [5.41, 5.74) is -0.581. The zero-order chi connectivity index (χ0) is 7.49. The van der Waals surface area contributed by atoms with E-state index < -0.39 is 15.4 Å². The Bertz CT molecular complexity index is 116. The first-order chi connectivity index (χ1) is 3.98. The van der Waals surface area contributed by atoms with Crippen molar-refractivity contribution >= 4 is 9.93 Å². The Kier molecular flexibility index (Phi) is 3.36. The Labute approximate surface area is 57.7 Å². The highest BCUT2D eigenvalue weighted by molar-refractivity contribution is 8.02. The summed E-state index contributed by atoms with van der Waals surface area (Å²) >= 11 is 0. The number of hydrogen-bond donors (Lipinski definition) is 2. The van der Waals surface area contributed by atoms with Crippen LogP contribution >= 0.6 is 0 Å². The molecule has 0 rings (SSSR count). The van der Waals surface area contributed by atoms with Gasteiger partial charge in [-0.1, -0.05) is 23.3 Å². The molecule has 2 nitrogen and oxygen atoms in total. The van der Waals surface area contributed by atoms with Crippen LogP contribution in [0.5, 0.6) is 0 Å². The highest BCUT2D eigenvalue weighted by Crippen LogP contribution is 2.07. The Morgan fingerprint density at radius 2 is 2.00 bits per heavy atom. The molecule has 0 aromatic carbocycles. The van der Waals surface area contributed by atoms with Gasteiger partial charge in [0, 0.05) is 0 Å². The lowest BCUT2D eigenvalue weighted by molar-refractivity contribution is 0.242. The van der Waals surface area contributed by atoms with Crippen LogP contribution in [0, 0.1) is 0 Å². The molecule has 1 N–H and O–H groups in total. The smallest absolute Gasteiger partial charge is 0.106 e. The summed E-state index contributed by atoms with van der Waals surface area (Å²) in [5, 5.41) is 9.12. The van der Waals surface area contributed by atoms with Gasteiger partial charge in [-0.2, -0.15) is 0 Å². The van der Waals surface area contributed by atoms with Crippen LogP contribution in [0.1, 0.15) is 19.8 Å². The fourth-order valence-electron chi connectivity index (χ4n) is 0.569. The van der Waals surface area contributed by atoms with Gasteiger partial charge < -0.3 is 5.11 Å². The van der Waals surface area contributed by atoms with Gasteiger partial charge in [0.05, 0.1) is 0 Å². The second kappa shape index (κ2) is 3.32. The summed E-state index contributed by atoms with van der Waals surface area (Å²) < 4.78 is 11.1. The molecule has 58 valence electrons. The van der Waals surface area contributed by atoms with Crippen molar-refractivity contribution in [2.75, 3.05) is 12.5 Å². The van der Waals surface area contributed by atoms with Crippen LogP contribution < -0.4 is 0 Å². The summed E-state index contributed by atoms with van der Waals surface area (Å²) in [6.07, 6.45) is 4.79. The summed E-state index contributed by atoms with van der Waals surface area (Å²) in [6.45, 7) is 1.97. The summed E-state index contributed by atoms with van der Waals surface area (Å²) in [7, 11) is -2.22. The molecule has 9 heavy (non-hydrogen) atoms. The van der Waals surface area contributed by atoms with E-state index in [1.807, 2.05) is 6.92 Å². The van der Waals surface area contributed by atoms with Gasteiger partial charge in [0.2, 0.25) is 0 Å². The molecule has 0 aliphatic heterocycles. The average Bonchev–Trinajstić information content (AvgIpc) is 1.64. The molecule has 0 fully saturated rings. The molecule has 0 spiro atoms. The van der Waals surface area contributed by atoms with Crippen molar-refractivity contribution in [2.45, 2.75) is 25.2 Å². The van der Waals surface area contributed by atoms with Crippen molar-refractivity contribution in [3.63, 3.8) is 0 Å². The third-order valence-corrected chi connectivity index (χ3v) is 2.96. The van der Waals surface area contributed by atoms with Crippen LogP contribution in [0.25, 0.3) is 0 Å². The van der Waals surface area contributed by atoms with E-state index in [2.05, 4.69) is 0 Å². The van der Waals surface area contributed by atoms with Gasteiger partial charge in [-0.3, -0.25) is 4.21 Å². The van der Waals surface area contributed by atoms with E-state index in [-0.39, 0.29) is 0 Å². The van der Waals surface area contributed by atoms with Crippen LogP contribution in [0.15, 0.2) is 0 Å². The monoisotopic (exact) mass is 152 g/mol. The predicted octanol–water partition coefficient (Wildman–Crippen LogP) is 0.381. The maximum Gasteiger partial charge on any atom is 0.106 e. The molecule has 0 aromatic rings. The van der Waals surface area contributed by atoms with E-state index in [4.69, 9.17) is 5.11 Å². The summed E-state index contributed by atoms with van der Waals surface area (Å²) in [4.78, 5) is 0. The first-order valence-corrected chi connectivity index (χ1v) is 5.88. The van der Waals surface area contributed by atoms with Crippen molar-refractivity contribution in [3.05, 3.63) is 0 Å². The van der Waals surface area contributed by atoms with Crippen molar-refractivity contribution in [1.29, 1.82) is 0 Å². The molecule has 3 heteroatoms. The van der Waals surface area contributed by atoms with Crippen molar-refractivity contribution in [2.24, 2.45) is 0 Å². The Morgan fingerprint density at radius 1 is 1.56 bits per heavy atom. The molecule has 0 saturated heterocycles. The molecule has 0 aromatic heterocycles. The quantitative estimate of drug-likeness (QED) is 0.574. The van der Waals surface area contributed by atoms with Gasteiger partial charge in [-0.05, 0) is 18.9 Å².